The van der Waals surface area contributed by atoms with E-state index in [0.29, 0.717) is 0 Å². The molecule has 120 valence electrons. The average Bonchev–Trinajstić information content (AvgIpc) is 3.18. The maximum atomic E-state index is 12.3. The van der Waals surface area contributed by atoms with Crippen LogP contribution in [0.5, 0.6) is 0 Å². The summed E-state index contributed by atoms with van der Waals surface area (Å²) in [6.45, 7) is 2.72. The molecule has 1 atom stereocenters. The molecular formula is C14H19N3O4S. The highest BCUT2D eigenvalue weighted by Gasteiger charge is 2.31. The summed E-state index contributed by atoms with van der Waals surface area (Å²) >= 11 is 0. The summed E-state index contributed by atoms with van der Waals surface area (Å²) in [5.41, 5.74) is -0.115. The third-order valence-electron chi connectivity index (χ3n) is 4.17. The van der Waals surface area contributed by atoms with Crippen LogP contribution in [-0.4, -0.2) is 43.9 Å². The fraction of sp³-hybridized carbons (Fsp3) is 0.571. The summed E-state index contributed by atoms with van der Waals surface area (Å²) in [7, 11) is -3.62. The molecule has 0 bridgehead atoms. The summed E-state index contributed by atoms with van der Waals surface area (Å²) in [6.07, 6.45) is 3.38. The standard InChI is InChI=1S/C14H19N3O4S/c18-17(19)13-3-5-14(6-4-13)22(20,21)15-12-7-8-16(10-12)9-11-1-2-11/h3-6,11-12,15H,1-2,7-10H2/t12-/m0/s1. The predicted octanol–water partition coefficient (Wildman–Crippen LogP) is 1.36. The van der Waals surface area contributed by atoms with Crippen molar-refractivity contribution >= 4 is 15.7 Å². The number of nitrogens with one attached hydrogen (secondary N) is 1. The van der Waals surface area contributed by atoms with Gasteiger partial charge >= 0.3 is 0 Å². The van der Waals surface area contributed by atoms with Gasteiger partial charge in [0.25, 0.3) is 5.69 Å². The van der Waals surface area contributed by atoms with Crippen molar-refractivity contribution in [2.45, 2.75) is 30.2 Å². The number of nitro groups is 1. The van der Waals surface area contributed by atoms with Crippen molar-refractivity contribution in [3.63, 3.8) is 0 Å². The lowest BCUT2D eigenvalue weighted by Gasteiger charge is -2.16. The third-order valence-corrected chi connectivity index (χ3v) is 5.70. The van der Waals surface area contributed by atoms with Gasteiger partial charge in [0.15, 0.2) is 0 Å². The molecule has 2 aliphatic rings. The SMILES string of the molecule is O=[N+]([O-])c1ccc(S(=O)(=O)N[C@H]2CCN(CC3CC3)C2)cc1. The summed E-state index contributed by atoms with van der Waals surface area (Å²) < 4.78 is 27.3. The van der Waals surface area contributed by atoms with Crippen molar-refractivity contribution in [1.82, 2.24) is 9.62 Å². The van der Waals surface area contributed by atoms with Crippen molar-refractivity contribution in [3.8, 4) is 0 Å². The first-order chi connectivity index (χ1) is 10.4. The van der Waals surface area contributed by atoms with Gasteiger partial charge in [-0.1, -0.05) is 0 Å². The first-order valence-corrected chi connectivity index (χ1v) is 8.91. The van der Waals surface area contributed by atoms with Crippen LogP contribution in [0.3, 0.4) is 0 Å². The Kier molecular flexibility index (Phi) is 4.16. The molecule has 2 fully saturated rings. The zero-order valence-corrected chi connectivity index (χ0v) is 13.0. The second-order valence-electron chi connectivity index (χ2n) is 6.06. The van der Waals surface area contributed by atoms with E-state index in [-0.39, 0.29) is 16.6 Å². The molecule has 1 aromatic carbocycles. The van der Waals surface area contributed by atoms with Gasteiger partial charge in [-0.15, -0.1) is 0 Å². The maximum Gasteiger partial charge on any atom is 0.269 e. The number of hydrogen-bond acceptors (Lipinski definition) is 5. The van der Waals surface area contributed by atoms with E-state index in [1.807, 2.05) is 0 Å². The van der Waals surface area contributed by atoms with Crippen LogP contribution in [0.2, 0.25) is 0 Å². The van der Waals surface area contributed by atoms with Crippen LogP contribution in [0.15, 0.2) is 29.2 Å². The molecule has 0 amide bonds. The van der Waals surface area contributed by atoms with E-state index >= 15 is 0 Å². The molecule has 0 radical (unpaired) electrons. The van der Waals surface area contributed by atoms with Crippen LogP contribution in [0.4, 0.5) is 5.69 Å². The van der Waals surface area contributed by atoms with Gasteiger partial charge in [0, 0.05) is 31.3 Å². The molecule has 0 spiro atoms. The van der Waals surface area contributed by atoms with E-state index in [9.17, 15) is 18.5 Å². The second-order valence-corrected chi connectivity index (χ2v) is 7.77. The molecule has 7 nitrogen and oxygen atoms in total. The van der Waals surface area contributed by atoms with Gasteiger partial charge < -0.3 is 4.90 Å². The van der Waals surface area contributed by atoms with E-state index in [4.69, 9.17) is 0 Å². The minimum absolute atomic E-state index is 0.0683. The first-order valence-electron chi connectivity index (χ1n) is 7.43. The number of rotatable bonds is 6. The zero-order chi connectivity index (χ0) is 15.7. The van der Waals surface area contributed by atoms with Gasteiger partial charge in [0.2, 0.25) is 10.0 Å². The highest BCUT2D eigenvalue weighted by atomic mass is 32.2. The highest BCUT2D eigenvalue weighted by molar-refractivity contribution is 7.89. The quantitative estimate of drug-likeness (QED) is 0.630. The number of benzene rings is 1. The topological polar surface area (TPSA) is 92.5 Å². The fourth-order valence-corrected chi connectivity index (χ4v) is 4.06. The Morgan fingerprint density at radius 3 is 2.50 bits per heavy atom. The Labute approximate surface area is 129 Å². The molecule has 1 saturated carbocycles. The van der Waals surface area contributed by atoms with Gasteiger partial charge in [-0.25, -0.2) is 13.1 Å². The number of non-ortho nitro benzene ring substituents is 1. The molecule has 1 N–H and O–H groups in total. The van der Waals surface area contributed by atoms with Gasteiger partial charge in [-0.3, -0.25) is 10.1 Å². The number of nitro benzene ring substituents is 1. The van der Waals surface area contributed by atoms with Gasteiger partial charge in [0.05, 0.1) is 9.82 Å². The van der Waals surface area contributed by atoms with Crippen LogP contribution in [0, 0.1) is 16.0 Å². The molecule has 1 aliphatic heterocycles. The fourth-order valence-electron chi connectivity index (χ4n) is 2.79. The van der Waals surface area contributed by atoms with Crippen molar-refractivity contribution in [3.05, 3.63) is 34.4 Å². The van der Waals surface area contributed by atoms with Crippen LogP contribution < -0.4 is 4.72 Å². The summed E-state index contributed by atoms with van der Waals surface area (Å²) in [6, 6.07) is 4.89. The smallest absolute Gasteiger partial charge is 0.269 e. The van der Waals surface area contributed by atoms with Crippen LogP contribution in [0.1, 0.15) is 19.3 Å². The zero-order valence-electron chi connectivity index (χ0n) is 12.1. The Bertz CT molecular complexity index is 655. The normalized spacial score (nSPS) is 22.8. The largest absolute Gasteiger partial charge is 0.301 e. The maximum absolute atomic E-state index is 12.3. The summed E-state index contributed by atoms with van der Waals surface area (Å²) in [4.78, 5) is 12.4. The third kappa shape index (κ3) is 3.63. The molecule has 1 aliphatic carbocycles. The monoisotopic (exact) mass is 325 g/mol. The molecule has 22 heavy (non-hydrogen) atoms. The lowest BCUT2D eigenvalue weighted by molar-refractivity contribution is -0.384. The molecular weight excluding hydrogens is 306 g/mol. The Balaban J connectivity index is 1.61. The minimum atomic E-state index is -3.62. The van der Waals surface area contributed by atoms with E-state index in [1.54, 1.807) is 0 Å². The van der Waals surface area contributed by atoms with Crippen molar-refractivity contribution in [2.75, 3.05) is 19.6 Å². The predicted molar refractivity (Wildman–Crippen MR) is 81.0 cm³/mol. The van der Waals surface area contributed by atoms with Crippen molar-refractivity contribution < 1.29 is 13.3 Å². The minimum Gasteiger partial charge on any atom is -0.301 e. The van der Waals surface area contributed by atoms with E-state index in [2.05, 4.69) is 9.62 Å². The summed E-state index contributed by atoms with van der Waals surface area (Å²) in [5, 5.41) is 10.6. The molecule has 1 aromatic rings. The van der Waals surface area contributed by atoms with E-state index in [1.165, 1.54) is 37.1 Å². The number of hydrogen-bond donors (Lipinski definition) is 1. The lowest BCUT2D eigenvalue weighted by atomic mass is 10.3. The number of sulfonamides is 1. The molecule has 8 heteroatoms. The number of nitrogens with zero attached hydrogens (tertiary/aromatic N) is 2. The second kappa shape index (κ2) is 5.94. The van der Waals surface area contributed by atoms with Crippen LogP contribution >= 0.6 is 0 Å². The Morgan fingerprint density at radius 1 is 1.23 bits per heavy atom. The average molecular weight is 325 g/mol. The Morgan fingerprint density at radius 2 is 1.91 bits per heavy atom. The van der Waals surface area contributed by atoms with Crippen molar-refractivity contribution in [1.29, 1.82) is 0 Å². The molecule has 3 rings (SSSR count). The van der Waals surface area contributed by atoms with E-state index in [0.717, 1.165) is 32.0 Å². The molecule has 1 saturated heterocycles. The Hall–Kier alpha value is -1.51. The van der Waals surface area contributed by atoms with Gasteiger partial charge in [0.1, 0.15) is 0 Å². The first kappa shape index (κ1) is 15.4. The summed E-state index contributed by atoms with van der Waals surface area (Å²) in [5.74, 6) is 0.796. The van der Waals surface area contributed by atoms with Crippen molar-refractivity contribution in [2.24, 2.45) is 5.92 Å². The van der Waals surface area contributed by atoms with Crippen LogP contribution in [-0.2, 0) is 10.0 Å². The molecule has 1 heterocycles. The lowest BCUT2D eigenvalue weighted by Crippen LogP contribution is -2.37. The molecule has 0 unspecified atom stereocenters. The van der Waals surface area contributed by atoms with Gasteiger partial charge in [-0.2, -0.15) is 0 Å². The highest BCUT2D eigenvalue weighted by Crippen LogP contribution is 2.30. The van der Waals surface area contributed by atoms with E-state index < -0.39 is 14.9 Å². The van der Waals surface area contributed by atoms with Gasteiger partial charge in [-0.05, 0) is 43.9 Å². The number of likely N-dealkylation sites (tertiary alicyclic amines) is 1. The molecule has 0 aromatic heterocycles. The van der Waals surface area contributed by atoms with Crippen LogP contribution in [0.25, 0.3) is 0 Å².